The van der Waals surface area contributed by atoms with Crippen molar-refractivity contribution in [2.75, 3.05) is 0 Å². The molecule has 0 saturated heterocycles. The molecule has 0 atom stereocenters. The number of fused-ring (bicyclic) bond motifs is 1. The smallest absolute Gasteiger partial charge is 0.328 e. The van der Waals surface area contributed by atoms with Gasteiger partial charge in [-0.3, -0.25) is 13.9 Å². The zero-order valence-electron chi connectivity index (χ0n) is 16.7. The summed E-state index contributed by atoms with van der Waals surface area (Å²) in [5.74, 6) is -0.401. The first-order valence-electron chi connectivity index (χ1n) is 9.50. The summed E-state index contributed by atoms with van der Waals surface area (Å²) in [5.41, 5.74) is 1.41. The van der Waals surface area contributed by atoms with Crippen LogP contribution in [0.1, 0.15) is 53.4 Å². The number of aryl methyl sites for hydroxylation is 3. The summed E-state index contributed by atoms with van der Waals surface area (Å²) < 4.78 is 36.4. The molecule has 1 aromatic carbocycles. The molecule has 0 bridgehead atoms. The van der Waals surface area contributed by atoms with Crippen molar-refractivity contribution in [2.24, 2.45) is 14.1 Å². The third-order valence-electron chi connectivity index (χ3n) is 5.70. The lowest BCUT2D eigenvalue weighted by atomic mass is 9.99. The number of benzene rings is 1. The Morgan fingerprint density at radius 2 is 1.80 bits per heavy atom. The van der Waals surface area contributed by atoms with Crippen LogP contribution in [0.15, 0.2) is 30.8 Å². The molecule has 2 aromatic heterocycles. The molecule has 3 aromatic rings. The number of nitrogens with one attached hydrogen (secondary N) is 1. The van der Waals surface area contributed by atoms with Crippen LogP contribution in [0.5, 0.6) is 0 Å². The van der Waals surface area contributed by atoms with Gasteiger partial charge in [-0.25, -0.2) is 17.9 Å². The maximum Gasteiger partial charge on any atom is 0.328 e. The zero-order valence-corrected chi connectivity index (χ0v) is 19.1. The fraction of sp³-hybridized carbons (Fsp3) is 0.421. The molecule has 0 spiro atoms. The van der Waals surface area contributed by atoms with Crippen LogP contribution in [0.3, 0.4) is 0 Å². The van der Waals surface area contributed by atoms with Crippen molar-refractivity contribution in [1.29, 1.82) is 0 Å². The Bertz CT molecular complexity index is 1330. The number of aromatic nitrogens is 3. The molecule has 1 saturated carbocycles. The van der Waals surface area contributed by atoms with E-state index in [-0.39, 0.29) is 32.3 Å². The number of carbonyl (C=O) groups excluding carboxylic acids is 1. The van der Waals surface area contributed by atoms with Gasteiger partial charge in [0.15, 0.2) is 0 Å². The molecule has 0 radical (unpaired) electrons. The Balaban J connectivity index is 1.73. The molecular formula is C19H21BrN4O5S. The van der Waals surface area contributed by atoms with Crippen molar-refractivity contribution in [1.82, 2.24) is 19.0 Å². The maximum atomic E-state index is 13.0. The number of imidazole rings is 1. The topological polar surface area (TPSA) is 116 Å². The quantitative estimate of drug-likeness (QED) is 0.593. The Labute approximate surface area is 181 Å². The molecule has 11 heteroatoms. The predicted molar refractivity (Wildman–Crippen MR) is 113 cm³/mol. The van der Waals surface area contributed by atoms with E-state index >= 15 is 0 Å². The molecule has 1 amide bonds. The van der Waals surface area contributed by atoms with E-state index in [4.69, 9.17) is 4.52 Å². The van der Waals surface area contributed by atoms with Crippen LogP contribution in [0.2, 0.25) is 0 Å². The predicted octanol–water partition coefficient (Wildman–Crippen LogP) is 2.71. The SMILES string of the molecule is Cc1onc(C2CCCC2)c1C(=O)NS(=O)(=O)c1cc2c(cc1Br)n(C)c(=O)n2C. The highest BCUT2D eigenvalue weighted by Gasteiger charge is 2.31. The minimum Gasteiger partial charge on any atom is -0.361 e. The number of halogens is 1. The average Bonchev–Trinajstić information content (AvgIpc) is 3.38. The third kappa shape index (κ3) is 3.29. The lowest BCUT2D eigenvalue weighted by molar-refractivity contribution is 0.0978. The first-order valence-corrected chi connectivity index (χ1v) is 11.8. The summed E-state index contributed by atoms with van der Waals surface area (Å²) in [6.45, 7) is 1.59. The molecule has 2 heterocycles. The maximum absolute atomic E-state index is 13.0. The van der Waals surface area contributed by atoms with Crippen molar-refractivity contribution in [2.45, 2.75) is 43.4 Å². The highest BCUT2D eigenvalue weighted by molar-refractivity contribution is 9.10. The fourth-order valence-corrected chi connectivity index (χ4v) is 6.09. The number of carbonyl (C=O) groups is 1. The highest BCUT2D eigenvalue weighted by Crippen LogP contribution is 2.36. The van der Waals surface area contributed by atoms with Crippen LogP contribution in [0, 0.1) is 6.92 Å². The molecule has 1 aliphatic carbocycles. The number of hydrogen-bond acceptors (Lipinski definition) is 6. The number of rotatable bonds is 4. The second kappa shape index (κ2) is 7.38. The van der Waals surface area contributed by atoms with E-state index in [9.17, 15) is 18.0 Å². The largest absolute Gasteiger partial charge is 0.361 e. The molecule has 0 unspecified atom stereocenters. The Kier molecular flexibility index (Phi) is 5.13. The zero-order chi connectivity index (χ0) is 21.8. The van der Waals surface area contributed by atoms with E-state index in [2.05, 4.69) is 25.8 Å². The molecule has 1 fully saturated rings. The van der Waals surface area contributed by atoms with Crippen molar-refractivity contribution >= 4 is 42.9 Å². The van der Waals surface area contributed by atoms with E-state index in [1.165, 1.54) is 15.2 Å². The summed E-state index contributed by atoms with van der Waals surface area (Å²) in [6.07, 6.45) is 3.86. The molecule has 1 N–H and O–H groups in total. The number of amides is 1. The Morgan fingerprint density at radius 3 is 2.43 bits per heavy atom. The van der Waals surface area contributed by atoms with Crippen molar-refractivity contribution in [3.63, 3.8) is 0 Å². The van der Waals surface area contributed by atoms with Gasteiger partial charge in [-0.1, -0.05) is 18.0 Å². The van der Waals surface area contributed by atoms with Gasteiger partial charge in [0.25, 0.3) is 15.9 Å². The van der Waals surface area contributed by atoms with Gasteiger partial charge in [0.1, 0.15) is 16.2 Å². The summed E-state index contributed by atoms with van der Waals surface area (Å²) in [5, 5.41) is 4.02. The van der Waals surface area contributed by atoms with Gasteiger partial charge < -0.3 is 4.52 Å². The summed E-state index contributed by atoms with van der Waals surface area (Å²) >= 11 is 3.26. The first-order chi connectivity index (χ1) is 14.1. The van der Waals surface area contributed by atoms with Crippen molar-refractivity contribution in [3.8, 4) is 0 Å². The van der Waals surface area contributed by atoms with Gasteiger partial charge in [-0.2, -0.15) is 0 Å². The van der Waals surface area contributed by atoms with Gasteiger partial charge in [0.05, 0.1) is 16.7 Å². The lowest BCUT2D eigenvalue weighted by Crippen LogP contribution is -2.32. The lowest BCUT2D eigenvalue weighted by Gasteiger charge is -2.11. The number of sulfonamides is 1. The summed E-state index contributed by atoms with van der Waals surface area (Å²) in [6, 6.07) is 2.92. The average molecular weight is 497 g/mol. The van der Waals surface area contributed by atoms with Crippen LogP contribution in [0.25, 0.3) is 11.0 Å². The van der Waals surface area contributed by atoms with Gasteiger partial charge in [0.2, 0.25) is 0 Å². The number of nitrogens with zero attached hydrogens (tertiary/aromatic N) is 3. The molecule has 0 aliphatic heterocycles. The highest BCUT2D eigenvalue weighted by atomic mass is 79.9. The van der Waals surface area contributed by atoms with Crippen LogP contribution in [0.4, 0.5) is 0 Å². The van der Waals surface area contributed by atoms with Gasteiger partial charge >= 0.3 is 5.69 Å². The van der Waals surface area contributed by atoms with Gasteiger partial charge in [0, 0.05) is 24.5 Å². The second-order valence-corrected chi connectivity index (χ2v) is 10.1. The third-order valence-corrected chi connectivity index (χ3v) is 7.99. The molecule has 30 heavy (non-hydrogen) atoms. The normalized spacial score (nSPS) is 15.2. The Hall–Kier alpha value is -2.40. The molecular weight excluding hydrogens is 476 g/mol. The van der Waals surface area contributed by atoms with Crippen LogP contribution < -0.4 is 10.4 Å². The van der Waals surface area contributed by atoms with Gasteiger partial charge in [-0.15, -0.1) is 0 Å². The minimum absolute atomic E-state index is 0.0906. The minimum atomic E-state index is -4.23. The van der Waals surface area contributed by atoms with Gasteiger partial charge in [-0.05, 0) is 47.8 Å². The monoisotopic (exact) mass is 496 g/mol. The van der Waals surface area contributed by atoms with Crippen LogP contribution in [-0.4, -0.2) is 28.6 Å². The second-order valence-electron chi connectivity index (χ2n) is 7.59. The molecule has 4 rings (SSSR count). The van der Waals surface area contributed by atoms with E-state index in [1.807, 2.05) is 0 Å². The van der Waals surface area contributed by atoms with Crippen LogP contribution in [-0.2, 0) is 24.1 Å². The summed E-state index contributed by atoms with van der Waals surface area (Å²) in [4.78, 5) is 25.0. The first kappa shape index (κ1) is 20.9. The molecule has 9 nitrogen and oxygen atoms in total. The molecule has 160 valence electrons. The molecule has 1 aliphatic rings. The van der Waals surface area contributed by atoms with E-state index in [0.717, 1.165) is 25.7 Å². The Morgan fingerprint density at radius 1 is 1.20 bits per heavy atom. The van der Waals surface area contributed by atoms with Crippen molar-refractivity contribution < 1.29 is 17.7 Å². The van der Waals surface area contributed by atoms with Crippen molar-refractivity contribution in [3.05, 3.63) is 44.1 Å². The van der Waals surface area contributed by atoms with Crippen LogP contribution >= 0.6 is 15.9 Å². The number of hydrogen-bond donors (Lipinski definition) is 1. The van der Waals surface area contributed by atoms with E-state index < -0.39 is 15.9 Å². The summed E-state index contributed by atoms with van der Waals surface area (Å²) in [7, 11) is -1.06. The fourth-order valence-electron chi connectivity index (χ4n) is 4.08. The standard InChI is InChI=1S/C19H21BrN4O5S/c1-10-16(17(21-29-10)11-6-4-5-7-11)18(25)22-30(27,28)15-9-14-13(8-12(15)20)23(2)19(26)24(14)3/h8-9,11H,4-7H2,1-3H3,(H,22,25). The van der Waals surface area contributed by atoms with E-state index in [0.29, 0.717) is 16.7 Å². The van der Waals surface area contributed by atoms with E-state index in [1.54, 1.807) is 27.1 Å².